The first-order valence-corrected chi connectivity index (χ1v) is 5.16. The second kappa shape index (κ2) is 3.45. The summed E-state index contributed by atoms with van der Waals surface area (Å²) >= 11 is 0. The van der Waals surface area contributed by atoms with E-state index in [1.807, 2.05) is 24.3 Å². The smallest absolute Gasteiger partial charge is 0.228 e. The molecule has 0 aliphatic carbocycles. The number of benzene rings is 1. The fourth-order valence-corrected chi connectivity index (χ4v) is 1.95. The Morgan fingerprint density at radius 1 is 1.06 bits per heavy atom. The summed E-state index contributed by atoms with van der Waals surface area (Å²) in [6, 6.07) is 9.95. The van der Waals surface area contributed by atoms with Gasteiger partial charge in [0.1, 0.15) is 0 Å². The van der Waals surface area contributed by atoms with Crippen molar-refractivity contribution in [3.63, 3.8) is 0 Å². The summed E-state index contributed by atoms with van der Waals surface area (Å²) in [4.78, 5) is 15.2. The molecular formula is C13H10N2O. The Kier molecular flexibility index (Phi) is 1.96. The fraction of sp³-hybridized carbons (Fsp3) is 0.0769. The van der Waals surface area contributed by atoms with Crippen LogP contribution in [0.4, 0.5) is 5.69 Å². The molecule has 0 unspecified atom stereocenters. The number of rotatable bonds is 1. The number of pyridine rings is 1. The summed E-state index contributed by atoms with van der Waals surface area (Å²) < 4.78 is 0. The van der Waals surface area contributed by atoms with Gasteiger partial charge >= 0.3 is 0 Å². The molecule has 1 aliphatic heterocycles. The van der Waals surface area contributed by atoms with Crippen molar-refractivity contribution in [1.29, 1.82) is 0 Å². The average molecular weight is 210 g/mol. The summed E-state index contributed by atoms with van der Waals surface area (Å²) in [5, 5.41) is 2.82. The molecule has 1 amide bonds. The minimum atomic E-state index is 0.0712. The molecule has 1 aliphatic rings. The van der Waals surface area contributed by atoms with Crippen LogP contribution in [-0.2, 0) is 11.2 Å². The quantitative estimate of drug-likeness (QED) is 0.784. The van der Waals surface area contributed by atoms with Gasteiger partial charge in [-0.25, -0.2) is 0 Å². The van der Waals surface area contributed by atoms with E-state index in [-0.39, 0.29) is 5.91 Å². The standard InChI is InChI=1S/C13H10N2O/c16-13-8-11-7-10(1-2-12(11)15-13)9-3-5-14-6-4-9/h1-7H,8H2,(H,15,16). The lowest BCUT2D eigenvalue weighted by Gasteiger charge is -2.03. The lowest BCUT2D eigenvalue weighted by atomic mass is 10.0. The molecule has 0 saturated heterocycles. The van der Waals surface area contributed by atoms with Crippen molar-refractivity contribution in [3.05, 3.63) is 48.3 Å². The van der Waals surface area contributed by atoms with E-state index in [1.165, 1.54) is 0 Å². The van der Waals surface area contributed by atoms with Crippen molar-refractivity contribution >= 4 is 11.6 Å². The number of amides is 1. The molecule has 0 atom stereocenters. The Morgan fingerprint density at radius 2 is 1.88 bits per heavy atom. The number of carbonyl (C=O) groups is 1. The number of anilines is 1. The lowest BCUT2D eigenvalue weighted by molar-refractivity contribution is -0.115. The lowest BCUT2D eigenvalue weighted by Crippen LogP contribution is -2.03. The van der Waals surface area contributed by atoms with Gasteiger partial charge in [-0.15, -0.1) is 0 Å². The van der Waals surface area contributed by atoms with E-state index < -0.39 is 0 Å². The first-order valence-electron chi connectivity index (χ1n) is 5.16. The molecule has 0 radical (unpaired) electrons. The van der Waals surface area contributed by atoms with E-state index in [0.717, 1.165) is 22.4 Å². The third-order valence-electron chi connectivity index (χ3n) is 2.74. The highest BCUT2D eigenvalue weighted by molar-refractivity contribution is 5.99. The zero-order valence-electron chi connectivity index (χ0n) is 8.60. The van der Waals surface area contributed by atoms with E-state index in [9.17, 15) is 4.79 Å². The minimum Gasteiger partial charge on any atom is -0.326 e. The van der Waals surface area contributed by atoms with E-state index >= 15 is 0 Å². The molecule has 1 aromatic heterocycles. The summed E-state index contributed by atoms with van der Waals surface area (Å²) in [5.41, 5.74) is 4.25. The summed E-state index contributed by atoms with van der Waals surface area (Å²) in [7, 11) is 0. The molecule has 0 bridgehead atoms. The molecule has 0 spiro atoms. The van der Waals surface area contributed by atoms with Gasteiger partial charge in [0.2, 0.25) is 5.91 Å². The van der Waals surface area contributed by atoms with Crippen molar-refractivity contribution in [2.45, 2.75) is 6.42 Å². The monoisotopic (exact) mass is 210 g/mol. The Labute approximate surface area is 93.1 Å². The molecule has 2 heterocycles. The molecule has 1 aromatic carbocycles. The normalized spacial score (nSPS) is 13.4. The van der Waals surface area contributed by atoms with Crippen LogP contribution in [0, 0.1) is 0 Å². The summed E-state index contributed by atoms with van der Waals surface area (Å²) in [6.07, 6.45) is 4.02. The van der Waals surface area contributed by atoms with Gasteiger partial charge in [0.05, 0.1) is 6.42 Å². The molecule has 3 rings (SSSR count). The number of aromatic nitrogens is 1. The van der Waals surface area contributed by atoms with E-state index in [1.54, 1.807) is 12.4 Å². The third-order valence-corrected chi connectivity index (χ3v) is 2.74. The zero-order valence-corrected chi connectivity index (χ0v) is 8.60. The highest BCUT2D eigenvalue weighted by Crippen LogP contribution is 2.28. The van der Waals surface area contributed by atoms with Crippen LogP contribution in [0.1, 0.15) is 5.56 Å². The van der Waals surface area contributed by atoms with E-state index in [2.05, 4.69) is 16.4 Å². The van der Waals surface area contributed by atoms with Crippen molar-refractivity contribution in [1.82, 2.24) is 4.98 Å². The molecule has 3 heteroatoms. The first kappa shape index (κ1) is 9.09. The maximum atomic E-state index is 11.2. The number of nitrogens with one attached hydrogen (secondary N) is 1. The van der Waals surface area contributed by atoms with Gasteiger partial charge < -0.3 is 5.32 Å². The molecule has 16 heavy (non-hydrogen) atoms. The molecule has 0 fully saturated rings. The van der Waals surface area contributed by atoms with Gasteiger partial charge in [-0.1, -0.05) is 6.07 Å². The SMILES string of the molecule is O=C1Cc2cc(-c3ccncc3)ccc2N1. The summed E-state index contributed by atoms with van der Waals surface area (Å²) in [6.45, 7) is 0. The van der Waals surface area contributed by atoms with E-state index in [4.69, 9.17) is 0 Å². The number of carbonyl (C=O) groups excluding carboxylic acids is 1. The zero-order chi connectivity index (χ0) is 11.0. The third kappa shape index (κ3) is 1.46. The fourth-order valence-electron chi connectivity index (χ4n) is 1.95. The van der Waals surface area contributed by atoms with Crippen LogP contribution < -0.4 is 5.32 Å². The second-order valence-electron chi connectivity index (χ2n) is 3.83. The Hall–Kier alpha value is -2.16. The van der Waals surface area contributed by atoms with Crippen LogP contribution in [0.25, 0.3) is 11.1 Å². The molecular weight excluding hydrogens is 200 g/mol. The molecule has 2 aromatic rings. The van der Waals surface area contributed by atoms with Gasteiger partial charge in [0.15, 0.2) is 0 Å². The maximum Gasteiger partial charge on any atom is 0.228 e. The second-order valence-corrected chi connectivity index (χ2v) is 3.83. The predicted octanol–water partition coefficient (Wildman–Crippen LogP) is 2.24. The average Bonchev–Trinajstić information content (AvgIpc) is 2.69. The van der Waals surface area contributed by atoms with Crippen LogP contribution in [0.3, 0.4) is 0 Å². The van der Waals surface area contributed by atoms with Crippen LogP contribution in [0.2, 0.25) is 0 Å². The molecule has 1 N–H and O–H groups in total. The predicted molar refractivity (Wildman–Crippen MR) is 62.0 cm³/mol. The van der Waals surface area contributed by atoms with Gasteiger partial charge in [-0.3, -0.25) is 9.78 Å². The Balaban J connectivity index is 2.06. The molecule has 0 saturated carbocycles. The van der Waals surface area contributed by atoms with Crippen LogP contribution >= 0.6 is 0 Å². The molecule has 78 valence electrons. The minimum absolute atomic E-state index is 0.0712. The van der Waals surface area contributed by atoms with Gasteiger partial charge in [-0.05, 0) is 41.0 Å². The van der Waals surface area contributed by atoms with Crippen LogP contribution in [0.15, 0.2) is 42.7 Å². The first-order chi connectivity index (χ1) is 7.83. The van der Waals surface area contributed by atoms with Gasteiger partial charge in [0.25, 0.3) is 0 Å². The number of hydrogen-bond donors (Lipinski definition) is 1. The van der Waals surface area contributed by atoms with Crippen LogP contribution in [0.5, 0.6) is 0 Å². The molecule has 3 nitrogen and oxygen atoms in total. The van der Waals surface area contributed by atoms with Crippen LogP contribution in [-0.4, -0.2) is 10.9 Å². The number of nitrogens with zero attached hydrogens (tertiary/aromatic N) is 1. The van der Waals surface area contributed by atoms with Crippen molar-refractivity contribution in [2.75, 3.05) is 5.32 Å². The van der Waals surface area contributed by atoms with Crippen molar-refractivity contribution in [2.24, 2.45) is 0 Å². The Bertz CT molecular complexity index is 549. The highest BCUT2D eigenvalue weighted by atomic mass is 16.1. The van der Waals surface area contributed by atoms with E-state index in [0.29, 0.717) is 6.42 Å². The van der Waals surface area contributed by atoms with Gasteiger partial charge in [0, 0.05) is 18.1 Å². The van der Waals surface area contributed by atoms with Crippen molar-refractivity contribution < 1.29 is 4.79 Å². The Morgan fingerprint density at radius 3 is 2.69 bits per heavy atom. The number of fused-ring (bicyclic) bond motifs is 1. The highest BCUT2D eigenvalue weighted by Gasteiger charge is 2.17. The topological polar surface area (TPSA) is 42.0 Å². The largest absolute Gasteiger partial charge is 0.326 e. The summed E-state index contributed by atoms with van der Waals surface area (Å²) in [5.74, 6) is 0.0712. The van der Waals surface area contributed by atoms with Gasteiger partial charge in [-0.2, -0.15) is 0 Å². The maximum absolute atomic E-state index is 11.2. The number of hydrogen-bond acceptors (Lipinski definition) is 2. The van der Waals surface area contributed by atoms with Crippen molar-refractivity contribution in [3.8, 4) is 11.1 Å².